The molecule has 0 unspecified atom stereocenters. The van der Waals surface area contributed by atoms with Crippen LogP contribution in [0.25, 0.3) is 15.8 Å². The van der Waals surface area contributed by atoms with Gasteiger partial charge in [0.2, 0.25) is 0 Å². The lowest BCUT2D eigenvalue weighted by Gasteiger charge is -2.33. The Labute approximate surface area is 241 Å². The molecular formula is C32H38N4O5. The van der Waals surface area contributed by atoms with Gasteiger partial charge in [0.15, 0.2) is 11.4 Å². The van der Waals surface area contributed by atoms with E-state index in [4.69, 9.17) is 20.5 Å². The average molecular weight is 559 g/mol. The highest BCUT2D eigenvalue weighted by Gasteiger charge is 2.28. The minimum absolute atomic E-state index is 0.0303. The highest BCUT2D eigenvalue weighted by Crippen LogP contribution is 2.27. The van der Waals surface area contributed by atoms with Crippen LogP contribution in [0, 0.1) is 6.57 Å². The smallest absolute Gasteiger partial charge is 0.410 e. The monoisotopic (exact) mass is 558 g/mol. The van der Waals surface area contributed by atoms with Crippen molar-refractivity contribution in [3.63, 3.8) is 0 Å². The molecule has 2 fully saturated rings. The molecule has 1 aromatic heterocycles. The van der Waals surface area contributed by atoms with E-state index in [0.717, 1.165) is 43.6 Å². The highest BCUT2D eigenvalue weighted by atomic mass is 16.6. The minimum atomic E-state index is -0.527. The van der Waals surface area contributed by atoms with Gasteiger partial charge in [-0.2, -0.15) is 0 Å². The first-order valence-electron chi connectivity index (χ1n) is 14.3. The lowest BCUT2D eigenvalue weighted by Crippen LogP contribution is -2.47. The van der Waals surface area contributed by atoms with Crippen molar-refractivity contribution in [3.8, 4) is 5.75 Å². The highest BCUT2D eigenvalue weighted by molar-refractivity contribution is 5.96. The van der Waals surface area contributed by atoms with Crippen molar-refractivity contribution in [1.82, 2.24) is 15.1 Å². The molecule has 0 spiro atoms. The molecule has 0 radical (unpaired) electrons. The van der Waals surface area contributed by atoms with Gasteiger partial charge in [-0.25, -0.2) is 9.64 Å². The van der Waals surface area contributed by atoms with Gasteiger partial charge in [-0.1, -0.05) is 24.3 Å². The van der Waals surface area contributed by atoms with E-state index in [2.05, 4.69) is 15.1 Å². The zero-order chi connectivity index (χ0) is 29.0. The average Bonchev–Trinajstić information content (AvgIpc) is 3.38. The summed E-state index contributed by atoms with van der Waals surface area (Å²) < 4.78 is 17.6. The molecular weight excluding hydrogens is 520 g/mol. The van der Waals surface area contributed by atoms with Gasteiger partial charge in [0.05, 0.1) is 6.57 Å². The van der Waals surface area contributed by atoms with Crippen molar-refractivity contribution >= 4 is 28.7 Å². The number of likely N-dealkylation sites (tertiary alicyclic amines) is 2. The quantitative estimate of drug-likeness (QED) is 0.365. The summed E-state index contributed by atoms with van der Waals surface area (Å²) in [7, 11) is 0. The number of amides is 2. The Hall–Kier alpha value is -4.03. The van der Waals surface area contributed by atoms with Gasteiger partial charge < -0.3 is 24.1 Å². The van der Waals surface area contributed by atoms with Crippen LogP contribution in [-0.2, 0) is 11.3 Å². The molecule has 0 aliphatic carbocycles. The first-order valence-corrected chi connectivity index (χ1v) is 14.3. The molecule has 0 saturated carbocycles. The van der Waals surface area contributed by atoms with Crippen LogP contribution in [-0.4, -0.2) is 65.7 Å². The van der Waals surface area contributed by atoms with E-state index in [-0.39, 0.29) is 29.9 Å². The summed E-state index contributed by atoms with van der Waals surface area (Å²) in [6, 6.07) is 15.2. The number of nitrogens with one attached hydrogen (secondary N) is 1. The summed E-state index contributed by atoms with van der Waals surface area (Å²) in [5.41, 5.74) is 2.00. The topological polar surface area (TPSA) is 88.6 Å². The van der Waals surface area contributed by atoms with E-state index in [9.17, 15) is 9.59 Å². The maximum atomic E-state index is 12.9. The second-order valence-electron chi connectivity index (χ2n) is 11.9. The number of hydrogen-bond acceptors (Lipinski definition) is 6. The summed E-state index contributed by atoms with van der Waals surface area (Å²) >= 11 is 0. The summed E-state index contributed by atoms with van der Waals surface area (Å²) in [4.78, 5) is 32.8. The van der Waals surface area contributed by atoms with Crippen molar-refractivity contribution in [2.45, 2.75) is 70.7 Å². The van der Waals surface area contributed by atoms with E-state index in [1.54, 1.807) is 11.0 Å². The number of ether oxygens (including phenoxy) is 2. The number of carbonyl (C=O) groups is 2. The number of furan rings is 1. The van der Waals surface area contributed by atoms with Gasteiger partial charge in [-0.3, -0.25) is 9.69 Å². The van der Waals surface area contributed by atoms with Crippen LogP contribution in [0.2, 0.25) is 0 Å². The number of hydrogen-bond donors (Lipinski definition) is 1. The molecule has 2 amide bonds. The predicted octanol–water partition coefficient (Wildman–Crippen LogP) is 6.16. The lowest BCUT2D eigenvalue weighted by molar-refractivity contribution is 0.0199. The van der Waals surface area contributed by atoms with Crippen molar-refractivity contribution in [2.24, 2.45) is 0 Å². The Balaban J connectivity index is 1.09. The fourth-order valence-corrected chi connectivity index (χ4v) is 5.31. The summed E-state index contributed by atoms with van der Waals surface area (Å²) in [6.07, 6.45) is 3.02. The van der Waals surface area contributed by atoms with Gasteiger partial charge in [-0.15, -0.1) is 0 Å². The Morgan fingerprint density at radius 1 is 1.00 bits per heavy atom. The zero-order valence-corrected chi connectivity index (χ0v) is 24.0. The molecule has 41 heavy (non-hydrogen) atoms. The Morgan fingerprint density at radius 3 is 2.37 bits per heavy atom. The van der Waals surface area contributed by atoms with Crippen molar-refractivity contribution in [3.05, 3.63) is 71.3 Å². The summed E-state index contributed by atoms with van der Waals surface area (Å²) in [5.74, 6) is 0.785. The van der Waals surface area contributed by atoms with Crippen molar-refractivity contribution < 1.29 is 23.5 Å². The SMILES string of the molecule is [C-]#[N+]c1ccc(CN2CCC(Oc3ccc4oc(C(=O)NC5CCN(C(=O)OC(C)(C)C)CC5)cc4c3)CC2)cc1. The van der Waals surface area contributed by atoms with Gasteiger partial charge >= 0.3 is 6.09 Å². The fourth-order valence-electron chi connectivity index (χ4n) is 5.31. The van der Waals surface area contributed by atoms with Crippen LogP contribution in [0.5, 0.6) is 5.75 Å². The van der Waals surface area contributed by atoms with Gasteiger partial charge in [0, 0.05) is 44.2 Å². The number of nitrogens with zero attached hydrogens (tertiary/aromatic N) is 3. The molecule has 2 aliphatic heterocycles. The largest absolute Gasteiger partial charge is 0.490 e. The number of rotatable bonds is 6. The maximum Gasteiger partial charge on any atom is 0.410 e. The maximum absolute atomic E-state index is 12.9. The van der Waals surface area contributed by atoms with Crippen molar-refractivity contribution in [2.75, 3.05) is 26.2 Å². The fraction of sp³-hybridized carbons (Fsp3) is 0.469. The van der Waals surface area contributed by atoms with E-state index in [1.807, 2.05) is 63.2 Å². The molecule has 2 saturated heterocycles. The third-order valence-corrected chi connectivity index (χ3v) is 7.50. The number of benzene rings is 2. The molecule has 2 aliphatic rings. The van der Waals surface area contributed by atoms with Crippen LogP contribution < -0.4 is 10.1 Å². The second-order valence-corrected chi connectivity index (χ2v) is 11.9. The predicted molar refractivity (Wildman–Crippen MR) is 156 cm³/mol. The molecule has 9 nitrogen and oxygen atoms in total. The molecule has 0 atom stereocenters. The minimum Gasteiger partial charge on any atom is -0.490 e. The number of piperidine rings is 2. The normalized spacial score (nSPS) is 17.3. The molecule has 216 valence electrons. The number of fused-ring (bicyclic) bond motifs is 1. The lowest BCUT2D eigenvalue weighted by atomic mass is 10.1. The molecule has 2 aromatic carbocycles. The molecule has 3 aromatic rings. The van der Waals surface area contributed by atoms with Crippen molar-refractivity contribution in [1.29, 1.82) is 0 Å². The second kappa shape index (κ2) is 12.2. The Kier molecular flexibility index (Phi) is 8.50. The third kappa shape index (κ3) is 7.59. The molecule has 1 N–H and O–H groups in total. The van der Waals surface area contributed by atoms with Crippen LogP contribution >= 0.6 is 0 Å². The van der Waals surface area contributed by atoms with Gasteiger partial charge in [0.1, 0.15) is 23.0 Å². The van der Waals surface area contributed by atoms with Crippen LogP contribution in [0.3, 0.4) is 0 Å². The molecule has 0 bridgehead atoms. The molecule has 5 rings (SSSR count). The van der Waals surface area contributed by atoms with E-state index >= 15 is 0 Å². The molecule has 3 heterocycles. The third-order valence-electron chi connectivity index (χ3n) is 7.50. The standard InChI is InChI=1S/C32H38N4O5/c1-32(2,3)41-31(38)36-17-11-25(12-18-36)34-30(37)29-20-23-19-27(9-10-28(23)40-29)39-26-13-15-35(16-14-26)21-22-5-7-24(33-4)8-6-22/h5-10,19-20,25-26H,11-18,21H2,1-3H3,(H,34,37). The van der Waals surface area contributed by atoms with E-state index in [0.29, 0.717) is 37.2 Å². The summed E-state index contributed by atoms with van der Waals surface area (Å²) in [6.45, 7) is 16.5. The van der Waals surface area contributed by atoms with E-state index < -0.39 is 5.60 Å². The van der Waals surface area contributed by atoms with Gasteiger partial charge in [0.25, 0.3) is 5.91 Å². The van der Waals surface area contributed by atoms with Gasteiger partial charge in [-0.05, 0) is 76.3 Å². The first kappa shape index (κ1) is 28.5. The zero-order valence-electron chi connectivity index (χ0n) is 24.0. The Morgan fingerprint density at radius 2 is 1.71 bits per heavy atom. The summed E-state index contributed by atoms with van der Waals surface area (Å²) in [5, 5.41) is 3.88. The van der Waals surface area contributed by atoms with Crippen LogP contribution in [0.4, 0.5) is 10.5 Å². The van der Waals surface area contributed by atoms with Crippen LogP contribution in [0.15, 0.2) is 52.9 Å². The number of carbonyl (C=O) groups excluding carboxylic acids is 2. The first-order chi connectivity index (χ1) is 19.6. The Bertz CT molecular complexity index is 1400. The molecule has 9 heteroatoms. The van der Waals surface area contributed by atoms with E-state index in [1.165, 1.54) is 5.56 Å². The van der Waals surface area contributed by atoms with Crippen LogP contribution in [0.1, 0.15) is 62.6 Å².